The maximum absolute atomic E-state index is 6.39. The SMILES string of the molecule is CCc1nn(CC)c(CC(N)c2ccnn2C)c1Cl. The largest absolute Gasteiger partial charge is 0.322 e. The van der Waals surface area contributed by atoms with Crippen LogP contribution in [-0.2, 0) is 26.4 Å². The fourth-order valence-corrected chi connectivity index (χ4v) is 2.62. The minimum atomic E-state index is -0.128. The first-order valence-electron chi connectivity index (χ1n) is 6.56. The maximum Gasteiger partial charge on any atom is 0.0850 e. The summed E-state index contributed by atoms with van der Waals surface area (Å²) in [5, 5.41) is 9.41. The number of rotatable bonds is 5. The van der Waals surface area contributed by atoms with Crippen LogP contribution in [0, 0.1) is 0 Å². The van der Waals surface area contributed by atoms with E-state index in [0.717, 1.165) is 35.1 Å². The van der Waals surface area contributed by atoms with E-state index in [1.807, 2.05) is 17.8 Å². The van der Waals surface area contributed by atoms with Crippen molar-refractivity contribution < 1.29 is 0 Å². The van der Waals surface area contributed by atoms with Crippen molar-refractivity contribution in [3.8, 4) is 0 Å². The van der Waals surface area contributed by atoms with E-state index < -0.39 is 0 Å². The van der Waals surface area contributed by atoms with Crippen molar-refractivity contribution in [1.82, 2.24) is 19.6 Å². The average Bonchev–Trinajstić information content (AvgIpc) is 2.95. The second-order valence-electron chi connectivity index (χ2n) is 4.57. The fourth-order valence-electron chi connectivity index (χ4n) is 2.27. The summed E-state index contributed by atoms with van der Waals surface area (Å²) in [6.45, 7) is 4.91. The van der Waals surface area contributed by atoms with Crippen LogP contribution < -0.4 is 5.73 Å². The summed E-state index contributed by atoms with van der Waals surface area (Å²) in [6.07, 6.45) is 3.25. The second kappa shape index (κ2) is 5.75. The molecule has 0 bridgehead atoms. The van der Waals surface area contributed by atoms with E-state index in [1.165, 1.54) is 0 Å². The van der Waals surface area contributed by atoms with Crippen molar-refractivity contribution in [2.24, 2.45) is 12.8 Å². The molecule has 0 saturated carbocycles. The van der Waals surface area contributed by atoms with Crippen LogP contribution in [0.25, 0.3) is 0 Å². The van der Waals surface area contributed by atoms with Crippen LogP contribution in [0.5, 0.6) is 0 Å². The smallest absolute Gasteiger partial charge is 0.0850 e. The summed E-state index contributed by atoms with van der Waals surface area (Å²) >= 11 is 6.39. The molecule has 1 unspecified atom stereocenters. The van der Waals surface area contributed by atoms with Gasteiger partial charge in [0.1, 0.15) is 0 Å². The Morgan fingerprint density at radius 1 is 1.42 bits per heavy atom. The molecular formula is C13H20ClN5. The Morgan fingerprint density at radius 2 is 2.16 bits per heavy atom. The van der Waals surface area contributed by atoms with Gasteiger partial charge in [0, 0.05) is 26.2 Å². The molecule has 0 aromatic carbocycles. The third kappa shape index (κ3) is 2.67. The van der Waals surface area contributed by atoms with E-state index in [2.05, 4.69) is 24.0 Å². The van der Waals surface area contributed by atoms with Crippen molar-refractivity contribution in [1.29, 1.82) is 0 Å². The standard InChI is InChI=1S/C13H20ClN5/c1-4-10-13(14)12(19(5-2)17-10)8-9(15)11-6-7-16-18(11)3/h6-7,9H,4-5,8,15H2,1-3H3. The van der Waals surface area contributed by atoms with Crippen LogP contribution in [0.3, 0.4) is 0 Å². The molecule has 104 valence electrons. The lowest BCUT2D eigenvalue weighted by Crippen LogP contribution is -2.19. The summed E-state index contributed by atoms with van der Waals surface area (Å²) in [5.74, 6) is 0. The number of nitrogens with two attached hydrogens (primary N) is 1. The van der Waals surface area contributed by atoms with Crippen molar-refractivity contribution in [3.05, 3.63) is 34.4 Å². The molecule has 5 nitrogen and oxygen atoms in total. The number of nitrogens with zero attached hydrogens (tertiary/aromatic N) is 4. The van der Waals surface area contributed by atoms with E-state index in [1.54, 1.807) is 10.9 Å². The molecule has 19 heavy (non-hydrogen) atoms. The third-order valence-electron chi connectivity index (χ3n) is 3.35. The molecule has 0 aliphatic heterocycles. The normalized spacial score (nSPS) is 12.9. The van der Waals surface area contributed by atoms with Crippen LogP contribution in [0.4, 0.5) is 0 Å². The fraction of sp³-hybridized carbons (Fsp3) is 0.538. The Bertz CT molecular complexity index is 557. The number of halogens is 1. The van der Waals surface area contributed by atoms with E-state index >= 15 is 0 Å². The number of hydrogen-bond donors (Lipinski definition) is 1. The van der Waals surface area contributed by atoms with E-state index in [0.29, 0.717) is 6.42 Å². The highest BCUT2D eigenvalue weighted by atomic mass is 35.5. The predicted molar refractivity (Wildman–Crippen MR) is 76.1 cm³/mol. The first-order chi connectivity index (χ1) is 9.08. The first kappa shape index (κ1) is 14.1. The molecule has 0 fully saturated rings. The van der Waals surface area contributed by atoms with Crippen LogP contribution in [0.2, 0.25) is 5.02 Å². The maximum atomic E-state index is 6.39. The summed E-state index contributed by atoms with van der Waals surface area (Å²) in [5.41, 5.74) is 9.20. The van der Waals surface area contributed by atoms with Gasteiger partial charge in [-0.25, -0.2) is 0 Å². The Morgan fingerprint density at radius 3 is 2.68 bits per heavy atom. The Labute approximate surface area is 118 Å². The van der Waals surface area contributed by atoms with Crippen molar-refractivity contribution in [2.45, 2.75) is 39.3 Å². The van der Waals surface area contributed by atoms with E-state index in [4.69, 9.17) is 17.3 Å². The van der Waals surface area contributed by atoms with Gasteiger partial charge in [-0.15, -0.1) is 0 Å². The van der Waals surface area contributed by atoms with E-state index in [9.17, 15) is 0 Å². The molecule has 2 rings (SSSR count). The van der Waals surface area contributed by atoms with E-state index in [-0.39, 0.29) is 6.04 Å². The van der Waals surface area contributed by atoms with Gasteiger partial charge in [0.15, 0.2) is 0 Å². The van der Waals surface area contributed by atoms with Crippen molar-refractivity contribution >= 4 is 11.6 Å². The molecule has 6 heteroatoms. The molecule has 0 spiro atoms. The monoisotopic (exact) mass is 281 g/mol. The highest BCUT2D eigenvalue weighted by Crippen LogP contribution is 2.25. The van der Waals surface area contributed by atoms with Crippen LogP contribution in [0.1, 0.15) is 37.0 Å². The molecule has 2 heterocycles. The van der Waals surface area contributed by atoms with Gasteiger partial charge in [-0.05, 0) is 19.4 Å². The molecule has 2 aromatic rings. The Balaban J connectivity index is 2.28. The topological polar surface area (TPSA) is 61.7 Å². The lowest BCUT2D eigenvalue weighted by Gasteiger charge is -2.13. The van der Waals surface area contributed by atoms with Gasteiger partial charge in [0.2, 0.25) is 0 Å². The zero-order valence-electron chi connectivity index (χ0n) is 11.6. The van der Waals surface area contributed by atoms with Gasteiger partial charge in [-0.3, -0.25) is 9.36 Å². The Hall–Kier alpha value is -1.33. The number of aromatic nitrogens is 4. The quantitative estimate of drug-likeness (QED) is 0.913. The van der Waals surface area contributed by atoms with Gasteiger partial charge >= 0.3 is 0 Å². The third-order valence-corrected chi connectivity index (χ3v) is 3.78. The lowest BCUT2D eigenvalue weighted by atomic mass is 10.1. The summed E-state index contributed by atoms with van der Waals surface area (Å²) in [6, 6.07) is 1.81. The van der Waals surface area contributed by atoms with Gasteiger partial charge in [0.25, 0.3) is 0 Å². The molecular weight excluding hydrogens is 262 g/mol. The molecule has 0 saturated heterocycles. The van der Waals surface area contributed by atoms with Gasteiger partial charge in [0.05, 0.1) is 28.1 Å². The second-order valence-corrected chi connectivity index (χ2v) is 4.94. The average molecular weight is 282 g/mol. The molecule has 0 radical (unpaired) electrons. The number of aryl methyl sites for hydroxylation is 3. The zero-order chi connectivity index (χ0) is 14.0. The molecule has 2 N–H and O–H groups in total. The van der Waals surface area contributed by atoms with Crippen molar-refractivity contribution in [3.63, 3.8) is 0 Å². The molecule has 1 atom stereocenters. The molecule has 2 aromatic heterocycles. The van der Waals surface area contributed by atoms with Gasteiger partial charge in [-0.2, -0.15) is 10.2 Å². The summed E-state index contributed by atoms with van der Waals surface area (Å²) < 4.78 is 3.74. The minimum Gasteiger partial charge on any atom is -0.322 e. The molecule has 0 aliphatic carbocycles. The minimum absolute atomic E-state index is 0.128. The summed E-state index contributed by atoms with van der Waals surface area (Å²) in [7, 11) is 1.89. The summed E-state index contributed by atoms with van der Waals surface area (Å²) in [4.78, 5) is 0. The van der Waals surface area contributed by atoms with Crippen LogP contribution >= 0.6 is 11.6 Å². The molecule has 0 amide bonds. The first-order valence-corrected chi connectivity index (χ1v) is 6.93. The zero-order valence-corrected chi connectivity index (χ0v) is 12.4. The Kier molecular flexibility index (Phi) is 4.27. The molecule has 0 aliphatic rings. The van der Waals surface area contributed by atoms with Gasteiger partial charge < -0.3 is 5.73 Å². The van der Waals surface area contributed by atoms with Crippen molar-refractivity contribution in [2.75, 3.05) is 0 Å². The van der Waals surface area contributed by atoms with Crippen LogP contribution in [0.15, 0.2) is 12.3 Å². The lowest BCUT2D eigenvalue weighted by molar-refractivity contribution is 0.562. The van der Waals surface area contributed by atoms with Gasteiger partial charge in [-0.1, -0.05) is 18.5 Å². The highest BCUT2D eigenvalue weighted by molar-refractivity contribution is 6.31. The number of hydrogen-bond acceptors (Lipinski definition) is 3. The highest BCUT2D eigenvalue weighted by Gasteiger charge is 2.19. The van der Waals surface area contributed by atoms with Crippen LogP contribution in [-0.4, -0.2) is 19.6 Å². The predicted octanol–water partition coefficient (Wildman–Crippen LogP) is 2.09.